The average Bonchev–Trinajstić information content (AvgIpc) is 2.49. The zero-order valence-corrected chi connectivity index (χ0v) is 13.4. The molecule has 22 heavy (non-hydrogen) atoms. The highest BCUT2D eigenvalue weighted by Crippen LogP contribution is 2.26. The van der Waals surface area contributed by atoms with Crippen LogP contribution in [0.15, 0.2) is 66.9 Å². The Bertz CT molecular complexity index is 693. The first-order valence-electron chi connectivity index (χ1n) is 7.17. The first kappa shape index (κ1) is 14.6. The summed E-state index contributed by atoms with van der Waals surface area (Å²) in [6.07, 6.45) is 4.10. The highest BCUT2D eigenvalue weighted by Gasteiger charge is 2.23. The van der Waals surface area contributed by atoms with Crippen LogP contribution in [0.1, 0.15) is 13.8 Å². The summed E-state index contributed by atoms with van der Waals surface area (Å²) < 4.78 is 5.80. The summed E-state index contributed by atoms with van der Waals surface area (Å²) in [5, 5.41) is 4.00. The molecule has 112 valence electrons. The van der Waals surface area contributed by atoms with Crippen LogP contribution in [0.25, 0.3) is 0 Å². The fraction of sp³-hybridized carbons (Fsp3) is 0.167. The first-order chi connectivity index (χ1) is 10.5. The van der Waals surface area contributed by atoms with Gasteiger partial charge in [0, 0.05) is 11.9 Å². The van der Waals surface area contributed by atoms with Gasteiger partial charge in [0.15, 0.2) is 5.11 Å². The Morgan fingerprint density at radius 2 is 1.59 bits per heavy atom. The Balaban J connectivity index is 1.76. The molecule has 0 unspecified atom stereocenters. The second kappa shape index (κ2) is 5.81. The molecule has 0 aromatic heterocycles. The molecule has 3 nitrogen and oxygen atoms in total. The van der Waals surface area contributed by atoms with Gasteiger partial charge in [-0.1, -0.05) is 18.2 Å². The number of anilines is 1. The second-order valence-corrected chi connectivity index (χ2v) is 6.13. The number of benzene rings is 2. The predicted molar refractivity (Wildman–Crippen MR) is 94.4 cm³/mol. The predicted octanol–water partition coefficient (Wildman–Crippen LogP) is 4.47. The van der Waals surface area contributed by atoms with Gasteiger partial charge < -0.3 is 10.1 Å². The van der Waals surface area contributed by atoms with Gasteiger partial charge in [0.25, 0.3) is 0 Å². The summed E-state index contributed by atoms with van der Waals surface area (Å²) in [6, 6.07) is 17.6. The van der Waals surface area contributed by atoms with Gasteiger partial charge in [-0.3, -0.25) is 4.90 Å². The van der Waals surface area contributed by atoms with Crippen molar-refractivity contribution >= 4 is 23.0 Å². The molecule has 0 fully saturated rings. The van der Waals surface area contributed by atoms with Gasteiger partial charge >= 0.3 is 0 Å². The van der Waals surface area contributed by atoms with Crippen molar-refractivity contribution in [2.24, 2.45) is 0 Å². The van der Waals surface area contributed by atoms with Gasteiger partial charge in [-0.15, -0.1) is 0 Å². The summed E-state index contributed by atoms with van der Waals surface area (Å²) in [4.78, 5) is 1.95. The van der Waals surface area contributed by atoms with Crippen molar-refractivity contribution in [3.63, 3.8) is 0 Å². The Labute approximate surface area is 136 Å². The topological polar surface area (TPSA) is 24.5 Å². The van der Waals surface area contributed by atoms with Gasteiger partial charge in [-0.05, 0) is 68.5 Å². The number of nitrogens with one attached hydrogen (secondary N) is 1. The quantitative estimate of drug-likeness (QED) is 0.846. The van der Waals surface area contributed by atoms with Crippen molar-refractivity contribution in [3.05, 3.63) is 66.9 Å². The van der Waals surface area contributed by atoms with E-state index >= 15 is 0 Å². The molecule has 2 aromatic rings. The third-order valence-electron chi connectivity index (χ3n) is 3.38. The highest BCUT2D eigenvalue weighted by molar-refractivity contribution is 7.80. The van der Waals surface area contributed by atoms with Crippen LogP contribution in [-0.2, 0) is 0 Å². The maximum Gasteiger partial charge on any atom is 0.178 e. The minimum Gasteiger partial charge on any atom is -0.457 e. The number of rotatable bonds is 3. The molecule has 0 spiro atoms. The molecule has 2 aromatic carbocycles. The Morgan fingerprint density at radius 3 is 2.23 bits per heavy atom. The van der Waals surface area contributed by atoms with E-state index in [1.54, 1.807) is 0 Å². The molecule has 0 saturated heterocycles. The van der Waals surface area contributed by atoms with Crippen molar-refractivity contribution in [2.75, 3.05) is 4.90 Å². The summed E-state index contributed by atoms with van der Waals surface area (Å²) in [7, 11) is 0. The molecule has 1 N–H and O–H groups in total. The largest absolute Gasteiger partial charge is 0.457 e. The van der Waals surface area contributed by atoms with Crippen LogP contribution >= 0.6 is 12.2 Å². The van der Waals surface area contributed by atoms with E-state index in [-0.39, 0.29) is 5.54 Å². The zero-order valence-electron chi connectivity index (χ0n) is 12.6. The SMILES string of the molecule is CC1(C)C=CN(c2ccc(Oc3ccccc3)cc2)C(=S)N1. The average molecular weight is 310 g/mol. The molecule has 0 atom stereocenters. The van der Waals surface area contributed by atoms with Gasteiger partial charge in [0.1, 0.15) is 11.5 Å². The molecular formula is C18H18N2OS. The standard InChI is InChI=1S/C18H18N2OS/c1-18(2)12-13-20(17(22)19-18)14-8-10-16(11-9-14)21-15-6-4-3-5-7-15/h3-13H,1-2H3,(H,19,22). The van der Waals surface area contributed by atoms with Crippen molar-refractivity contribution in [1.82, 2.24) is 5.32 Å². The van der Waals surface area contributed by atoms with Crippen LogP contribution < -0.4 is 15.0 Å². The molecule has 1 heterocycles. The molecule has 0 amide bonds. The van der Waals surface area contributed by atoms with Gasteiger partial charge in [0.2, 0.25) is 0 Å². The van der Waals surface area contributed by atoms with E-state index in [0.29, 0.717) is 5.11 Å². The lowest BCUT2D eigenvalue weighted by atomic mass is 10.0. The molecule has 4 heteroatoms. The van der Waals surface area contributed by atoms with Crippen molar-refractivity contribution < 1.29 is 4.74 Å². The maximum absolute atomic E-state index is 5.80. The van der Waals surface area contributed by atoms with Crippen LogP contribution in [-0.4, -0.2) is 10.7 Å². The van der Waals surface area contributed by atoms with Crippen LogP contribution in [0, 0.1) is 0 Å². The van der Waals surface area contributed by atoms with E-state index in [4.69, 9.17) is 17.0 Å². The van der Waals surface area contributed by atoms with Crippen LogP contribution in [0.4, 0.5) is 5.69 Å². The smallest absolute Gasteiger partial charge is 0.178 e. The number of nitrogens with zero attached hydrogens (tertiary/aromatic N) is 1. The van der Waals surface area contributed by atoms with Crippen molar-refractivity contribution in [1.29, 1.82) is 0 Å². The van der Waals surface area contributed by atoms with E-state index in [1.807, 2.05) is 65.7 Å². The lowest BCUT2D eigenvalue weighted by molar-refractivity contribution is 0.482. The lowest BCUT2D eigenvalue weighted by Gasteiger charge is -2.34. The van der Waals surface area contributed by atoms with Crippen LogP contribution in [0.5, 0.6) is 11.5 Å². The van der Waals surface area contributed by atoms with E-state index in [2.05, 4.69) is 25.2 Å². The van der Waals surface area contributed by atoms with Crippen LogP contribution in [0.2, 0.25) is 0 Å². The Morgan fingerprint density at radius 1 is 0.955 bits per heavy atom. The van der Waals surface area contributed by atoms with Crippen molar-refractivity contribution in [3.8, 4) is 11.5 Å². The number of hydrogen-bond donors (Lipinski definition) is 1. The fourth-order valence-corrected chi connectivity index (χ4v) is 2.64. The summed E-state index contributed by atoms with van der Waals surface area (Å²) in [6.45, 7) is 4.17. The molecule has 0 radical (unpaired) electrons. The third kappa shape index (κ3) is 3.28. The normalized spacial score (nSPS) is 16.3. The van der Waals surface area contributed by atoms with Crippen molar-refractivity contribution in [2.45, 2.75) is 19.4 Å². The molecule has 3 rings (SSSR count). The molecule has 1 aliphatic heterocycles. The number of para-hydroxylation sites is 1. The Kier molecular flexibility index (Phi) is 3.86. The minimum absolute atomic E-state index is 0.107. The summed E-state index contributed by atoms with van der Waals surface area (Å²) in [5.74, 6) is 1.63. The van der Waals surface area contributed by atoms with E-state index in [9.17, 15) is 0 Å². The third-order valence-corrected chi connectivity index (χ3v) is 3.68. The van der Waals surface area contributed by atoms with E-state index < -0.39 is 0 Å². The van der Waals surface area contributed by atoms with E-state index in [0.717, 1.165) is 17.2 Å². The summed E-state index contributed by atoms with van der Waals surface area (Å²) >= 11 is 5.43. The van der Waals surface area contributed by atoms with Gasteiger partial charge in [0.05, 0.1) is 5.54 Å². The van der Waals surface area contributed by atoms with E-state index in [1.165, 1.54) is 0 Å². The summed E-state index contributed by atoms with van der Waals surface area (Å²) in [5.41, 5.74) is 0.897. The van der Waals surface area contributed by atoms with Gasteiger partial charge in [-0.25, -0.2) is 0 Å². The zero-order chi connectivity index (χ0) is 15.6. The first-order valence-corrected chi connectivity index (χ1v) is 7.58. The fourth-order valence-electron chi connectivity index (χ4n) is 2.21. The monoisotopic (exact) mass is 310 g/mol. The number of hydrogen-bond acceptors (Lipinski definition) is 2. The molecule has 0 aliphatic carbocycles. The number of thiocarbonyl (C=S) groups is 1. The molecule has 0 saturated carbocycles. The van der Waals surface area contributed by atoms with Gasteiger partial charge in [-0.2, -0.15) is 0 Å². The molecule has 0 bridgehead atoms. The number of ether oxygens (including phenoxy) is 1. The molecular weight excluding hydrogens is 292 g/mol. The van der Waals surface area contributed by atoms with Crippen LogP contribution in [0.3, 0.4) is 0 Å². The second-order valence-electron chi connectivity index (χ2n) is 5.75. The Hall–Kier alpha value is -2.33. The highest BCUT2D eigenvalue weighted by atomic mass is 32.1. The minimum atomic E-state index is -0.107. The lowest BCUT2D eigenvalue weighted by Crippen LogP contribution is -2.51. The molecule has 1 aliphatic rings. The maximum atomic E-state index is 5.80.